The predicted molar refractivity (Wildman–Crippen MR) is 98.3 cm³/mol. The molecule has 3 aromatic rings. The molecule has 0 saturated carbocycles. The average molecular weight is 360 g/mol. The first kappa shape index (κ1) is 15.8. The molecule has 6 heteroatoms. The Bertz CT molecular complexity index is 931. The summed E-state index contributed by atoms with van der Waals surface area (Å²) < 4.78 is 12.9. The minimum Gasteiger partial charge on any atom is -0.309 e. The molecule has 2 heterocycles. The van der Waals surface area contributed by atoms with Gasteiger partial charge in [-0.2, -0.15) is 0 Å². The molecule has 1 aliphatic rings. The molecule has 0 bridgehead atoms. The Labute approximate surface area is 147 Å². The lowest BCUT2D eigenvalue weighted by molar-refractivity contribution is 0.627. The first-order chi connectivity index (χ1) is 11.7. The van der Waals surface area contributed by atoms with Crippen LogP contribution in [0.3, 0.4) is 0 Å². The second-order valence-electron chi connectivity index (χ2n) is 6.02. The summed E-state index contributed by atoms with van der Waals surface area (Å²) in [5, 5.41) is 0.807. The molecular formula is C18H17FN2OS2. The molecule has 0 unspecified atom stereocenters. The number of fused-ring (bicyclic) bond motifs is 3. The molecule has 0 atom stereocenters. The zero-order chi connectivity index (χ0) is 16.5. The molecule has 1 aromatic carbocycles. The average Bonchev–Trinajstić information content (AvgIpc) is 2.95. The van der Waals surface area contributed by atoms with E-state index < -0.39 is 0 Å². The van der Waals surface area contributed by atoms with Crippen molar-refractivity contribution in [3.05, 3.63) is 62.3 Å². The molecule has 0 radical (unpaired) electrons. The molecule has 4 rings (SSSR count). The zero-order valence-corrected chi connectivity index (χ0v) is 14.7. The van der Waals surface area contributed by atoms with E-state index in [0.717, 1.165) is 46.6 Å². The number of aromatic amines is 1. The molecule has 0 saturated heterocycles. The maximum absolute atomic E-state index is 12.9. The van der Waals surface area contributed by atoms with Gasteiger partial charge in [-0.05, 0) is 48.9 Å². The molecule has 124 valence electrons. The largest absolute Gasteiger partial charge is 0.309 e. The van der Waals surface area contributed by atoms with Crippen LogP contribution < -0.4 is 5.56 Å². The number of benzene rings is 1. The lowest BCUT2D eigenvalue weighted by atomic mass is 9.97. The number of nitrogens with zero attached hydrogens (tertiary/aromatic N) is 1. The summed E-state index contributed by atoms with van der Waals surface area (Å²) in [5.74, 6) is 1.91. The number of thiophene rings is 1. The van der Waals surface area contributed by atoms with E-state index in [4.69, 9.17) is 0 Å². The quantitative estimate of drug-likeness (QED) is 0.748. The molecule has 0 spiro atoms. The monoisotopic (exact) mass is 360 g/mol. The van der Waals surface area contributed by atoms with Gasteiger partial charge in [0.2, 0.25) is 0 Å². The van der Waals surface area contributed by atoms with Crippen molar-refractivity contribution in [3.8, 4) is 0 Å². The lowest BCUT2D eigenvalue weighted by Gasteiger charge is -2.09. The highest BCUT2D eigenvalue weighted by atomic mass is 32.2. The van der Waals surface area contributed by atoms with E-state index in [0.29, 0.717) is 5.75 Å². The third-order valence-corrected chi connectivity index (χ3v) is 6.50. The number of H-pyrrole nitrogens is 1. The summed E-state index contributed by atoms with van der Waals surface area (Å²) in [7, 11) is 0. The second-order valence-corrected chi connectivity index (χ2v) is 8.09. The third-order valence-electron chi connectivity index (χ3n) is 4.29. The van der Waals surface area contributed by atoms with Gasteiger partial charge < -0.3 is 4.98 Å². The Morgan fingerprint density at radius 2 is 1.96 bits per heavy atom. The molecule has 0 aliphatic heterocycles. The fraction of sp³-hybridized carbons (Fsp3) is 0.333. The van der Waals surface area contributed by atoms with Crippen molar-refractivity contribution >= 4 is 33.3 Å². The number of nitrogens with one attached hydrogen (secondary N) is 1. The zero-order valence-electron chi connectivity index (χ0n) is 13.1. The number of rotatable bonds is 4. The number of halogens is 1. The maximum atomic E-state index is 12.9. The summed E-state index contributed by atoms with van der Waals surface area (Å²) in [5.41, 5.74) is 2.29. The first-order valence-electron chi connectivity index (χ1n) is 8.06. The summed E-state index contributed by atoms with van der Waals surface area (Å²) in [6.07, 6.45) is 4.44. The van der Waals surface area contributed by atoms with Gasteiger partial charge in [0, 0.05) is 10.6 Å². The highest BCUT2D eigenvalue weighted by Crippen LogP contribution is 2.33. The van der Waals surface area contributed by atoms with Gasteiger partial charge in [0.1, 0.15) is 16.5 Å². The van der Waals surface area contributed by atoms with E-state index in [1.54, 1.807) is 35.2 Å². The second kappa shape index (κ2) is 6.69. The van der Waals surface area contributed by atoms with Crippen LogP contribution in [0.1, 0.15) is 34.7 Å². The third kappa shape index (κ3) is 3.13. The fourth-order valence-electron chi connectivity index (χ4n) is 3.12. The molecule has 0 amide bonds. The molecular weight excluding hydrogens is 343 g/mol. The van der Waals surface area contributed by atoms with E-state index in [9.17, 15) is 9.18 Å². The van der Waals surface area contributed by atoms with E-state index in [-0.39, 0.29) is 11.4 Å². The molecule has 1 N–H and O–H groups in total. The minimum absolute atomic E-state index is 0.00298. The van der Waals surface area contributed by atoms with Crippen LogP contribution in [0.2, 0.25) is 0 Å². The Hall–Kier alpha value is -1.66. The van der Waals surface area contributed by atoms with Crippen LogP contribution in [0.25, 0.3) is 10.2 Å². The molecule has 24 heavy (non-hydrogen) atoms. The van der Waals surface area contributed by atoms with E-state index >= 15 is 0 Å². The van der Waals surface area contributed by atoms with E-state index in [1.165, 1.54) is 29.0 Å². The van der Waals surface area contributed by atoms with Gasteiger partial charge in [-0.15, -0.1) is 23.1 Å². The molecule has 2 aromatic heterocycles. The van der Waals surface area contributed by atoms with E-state index in [2.05, 4.69) is 9.97 Å². The number of hydrogen-bond donors (Lipinski definition) is 1. The summed E-state index contributed by atoms with van der Waals surface area (Å²) >= 11 is 3.34. The van der Waals surface area contributed by atoms with Crippen LogP contribution in [0.4, 0.5) is 4.39 Å². The van der Waals surface area contributed by atoms with Crippen LogP contribution in [0.5, 0.6) is 0 Å². The van der Waals surface area contributed by atoms with Crippen molar-refractivity contribution < 1.29 is 4.39 Å². The standard InChI is InChI=1S/C18H17FN2OS2/c19-12-7-5-11(6-8-12)9-23-10-15-20-17(22)16-13-3-1-2-4-14(13)24-18(16)21-15/h5-8H,1-4,9-10H2,(H,20,21,22). The Morgan fingerprint density at radius 1 is 1.17 bits per heavy atom. The van der Waals surface area contributed by atoms with Crippen LogP contribution in [-0.4, -0.2) is 9.97 Å². The number of hydrogen-bond acceptors (Lipinski definition) is 4. The van der Waals surface area contributed by atoms with Crippen molar-refractivity contribution in [3.63, 3.8) is 0 Å². The Morgan fingerprint density at radius 3 is 2.79 bits per heavy atom. The summed E-state index contributed by atoms with van der Waals surface area (Å²) in [6.45, 7) is 0. The number of aryl methyl sites for hydroxylation is 2. The minimum atomic E-state index is -0.220. The topological polar surface area (TPSA) is 45.8 Å². The Kier molecular flexibility index (Phi) is 4.41. The highest BCUT2D eigenvalue weighted by molar-refractivity contribution is 7.97. The van der Waals surface area contributed by atoms with Gasteiger partial charge in [0.15, 0.2) is 0 Å². The van der Waals surface area contributed by atoms with Crippen molar-refractivity contribution in [2.24, 2.45) is 0 Å². The van der Waals surface area contributed by atoms with Gasteiger partial charge >= 0.3 is 0 Å². The lowest BCUT2D eigenvalue weighted by Crippen LogP contribution is -2.12. The van der Waals surface area contributed by atoms with Crippen LogP contribution in [0.15, 0.2) is 29.1 Å². The van der Waals surface area contributed by atoms with Gasteiger partial charge in [0.05, 0.1) is 11.1 Å². The van der Waals surface area contributed by atoms with Crippen LogP contribution in [-0.2, 0) is 24.3 Å². The summed E-state index contributed by atoms with van der Waals surface area (Å²) in [4.78, 5) is 22.3. The number of thioether (sulfide) groups is 1. The van der Waals surface area contributed by atoms with Crippen LogP contribution >= 0.6 is 23.1 Å². The van der Waals surface area contributed by atoms with Gasteiger partial charge in [0.25, 0.3) is 5.56 Å². The number of aromatic nitrogens is 2. The van der Waals surface area contributed by atoms with Gasteiger partial charge in [-0.25, -0.2) is 9.37 Å². The Balaban J connectivity index is 1.52. The van der Waals surface area contributed by atoms with Crippen molar-refractivity contribution in [2.75, 3.05) is 0 Å². The normalized spacial score (nSPS) is 14.0. The highest BCUT2D eigenvalue weighted by Gasteiger charge is 2.19. The van der Waals surface area contributed by atoms with Crippen molar-refractivity contribution in [1.29, 1.82) is 0 Å². The van der Waals surface area contributed by atoms with Crippen molar-refractivity contribution in [1.82, 2.24) is 9.97 Å². The SMILES string of the molecule is O=c1[nH]c(CSCc2ccc(F)cc2)nc2sc3c(c12)CCCC3. The summed E-state index contributed by atoms with van der Waals surface area (Å²) in [6, 6.07) is 6.51. The predicted octanol–water partition coefficient (Wildman–Crippen LogP) is 4.44. The maximum Gasteiger partial charge on any atom is 0.259 e. The van der Waals surface area contributed by atoms with E-state index in [1.807, 2.05) is 0 Å². The molecule has 1 aliphatic carbocycles. The smallest absolute Gasteiger partial charge is 0.259 e. The van der Waals surface area contributed by atoms with Gasteiger partial charge in [-0.3, -0.25) is 4.79 Å². The molecule has 3 nitrogen and oxygen atoms in total. The fourth-order valence-corrected chi connectivity index (χ4v) is 5.26. The van der Waals surface area contributed by atoms with Crippen molar-refractivity contribution in [2.45, 2.75) is 37.2 Å². The molecule has 0 fully saturated rings. The van der Waals surface area contributed by atoms with Gasteiger partial charge in [-0.1, -0.05) is 12.1 Å². The van der Waals surface area contributed by atoms with Crippen LogP contribution in [0, 0.1) is 5.82 Å². The first-order valence-corrected chi connectivity index (χ1v) is 10.0.